The summed E-state index contributed by atoms with van der Waals surface area (Å²) in [7, 11) is 0. The molecule has 0 amide bonds. The van der Waals surface area contributed by atoms with Gasteiger partial charge < -0.3 is 19.7 Å². The van der Waals surface area contributed by atoms with E-state index in [0.717, 1.165) is 49.4 Å². The third-order valence-electron chi connectivity index (χ3n) is 10.8. The lowest BCUT2D eigenvalue weighted by molar-refractivity contribution is 0.0721. The monoisotopic (exact) mass is 728 g/mol. The molecule has 0 unspecified atom stereocenters. The Labute approximate surface area is 322 Å². The lowest BCUT2D eigenvalue weighted by Crippen LogP contribution is -2.16. The number of carbonyl (C=O) groups is 2. The summed E-state index contributed by atoms with van der Waals surface area (Å²) in [5, 5.41) is 25.1. The fourth-order valence-corrected chi connectivity index (χ4v) is 8.12. The fourth-order valence-electron chi connectivity index (χ4n) is 8.12. The number of aromatic hydroxyl groups is 2. The molecule has 2 N–H and O–H groups in total. The van der Waals surface area contributed by atoms with Crippen LogP contribution >= 0.6 is 0 Å². The van der Waals surface area contributed by atoms with Gasteiger partial charge in [0, 0.05) is 27.8 Å². The first-order valence-corrected chi connectivity index (χ1v) is 18.5. The highest BCUT2D eigenvalue weighted by atomic mass is 16.5. The van der Waals surface area contributed by atoms with Gasteiger partial charge in [-0.25, -0.2) is 9.59 Å². The van der Waals surface area contributed by atoms with E-state index in [1.54, 1.807) is 42.5 Å². The first kappa shape index (κ1) is 33.2. The molecule has 0 aromatic heterocycles. The molecule has 6 nitrogen and oxygen atoms in total. The van der Waals surface area contributed by atoms with Crippen LogP contribution < -0.4 is 9.47 Å². The second-order valence-electron chi connectivity index (χ2n) is 14.2. The maximum atomic E-state index is 14.7. The molecule has 268 valence electrons. The summed E-state index contributed by atoms with van der Waals surface area (Å²) in [5.41, 5.74) is 7.84. The number of rotatable bonds is 0. The predicted molar refractivity (Wildman–Crippen MR) is 220 cm³/mol. The van der Waals surface area contributed by atoms with Gasteiger partial charge in [0.15, 0.2) is 0 Å². The summed E-state index contributed by atoms with van der Waals surface area (Å²) in [5.74, 6) is -0.236. The van der Waals surface area contributed by atoms with Gasteiger partial charge >= 0.3 is 11.9 Å². The molecule has 11 rings (SSSR count). The molecule has 6 bridgehead atoms. The molecule has 8 aromatic rings. The Hall–Kier alpha value is -7.44. The number of hydrogen-bond donors (Lipinski definition) is 2. The summed E-state index contributed by atoms with van der Waals surface area (Å²) in [4.78, 5) is 29.3. The van der Waals surface area contributed by atoms with Crippen molar-refractivity contribution in [2.75, 3.05) is 0 Å². The van der Waals surface area contributed by atoms with E-state index in [9.17, 15) is 19.8 Å². The van der Waals surface area contributed by atoms with Crippen LogP contribution in [-0.4, -0.2) is 22.2 Å². The van der Waals surface area contributed by atoms with Gasteiger partial charge in [-0.05, 0) is 117 Å². The molecule has 0 saturated heterocycles. The van der Waals surface area contributed by atoms with Gasteiger partial charge in [-0.2, -0.15) is 0 Å². The standard InChI is InChI=1S/C50H32O6/c51-35-18-22-36-34(28-35)15-11-30-14-24-46-43(26-30)42-25-29(9-10-31-12-19-39(36)44(52)27-31)13-23-45(42)55-49(53)40-20-16-32-5-1-3-7-37(32)47(40)48-38-8-4-2-6-33(38)17-21-41(48)50(54)56-46/h1-10,12-14,16-28,51-52H,11,15H2. The molecule has 0 atom stereocenters. The SMILES string of the molecule is O=C1Oc2ccc3cc2-c2cc(ccc2OC(=O)c2ccc4ccccc4c2-c2c1ccc1ccccc21)CCc1cc(O)ccc1-c1ccc(cc1O)C=C3. The number of hydrogen-bond acceptors (Lipinski definition) is 6. The van der Waals surface area contributed by atoms with E-state index in [1.165, 1.54) is 0 Å². The van der Waals surface area contributed by atoms with Gasteiger partial charge in [0.1, 0.15) is 23.0 Å². The first-order chi connectivity index (χ1) is 27.4. The molecule has 2 aliphatic carbocycles. The van der Waals surface area contributed by atoms with Crippen molar-refractivity contribution in [2.45, 2.75) is 12.8 Å². The third kappa shape index (κ3) is 5.67. The van der Waals surface area contributed by atoms with Crippen molar-refractivity contribution in [2.24, 2.45) is 0 Å². The van der Waals surface area contributed by atoms with Crippen molar-refractivity contribution in [1.82, 2.24) is 0 Å². The number of esters is 2. The minimum Gasteiger partial charge on any atom is -0.508 e. The Bertz CT molecular complexity index is 2990. The normalized spacial score (nSPS) is 13.3. The van der Waals surface area contributed by atoms with Crippen molar-refractivity contribution in [3.8, 4) is 56.4 Å². The van der Waals surface area contributed by atoms with E-state index in [0.29, 0.717) is 63.3 Å². The van der Waals surface area contributed by atoms with Crippen LogP contribution in [0.2, 0.25) is 0 Å². The van der Waals surface area contributed by atoms with E-state index >= 15 is 0 Å². The predicted octanol–water partition coefficient (Wildman–Crippen LogP) is 11.4. The molecule has 0 saturated carbocycles. The van der Waals surface area contributed by atoms with Gasteiger partial charge in [0.25, 0.3) is 0 Å². The molecule has 0 spiro atoms. The van der Waals surface area contributed by atoms with Gasteiger partial charge in [-0.3, -0.25) is 0 Å². The van der Waals surface area contributed by atoms with Crippen LogP contribution in [0.25, 0.3) is 67.1 Å². The van der Waals surface area contributed by atoms with Gasteiger partial charge in [0.2, 0.25) is 0 Å². The van der Waals surface area contributed by atoms with E-state index < -0.39 is 11.9 Å². The minimum absolute atomic E-state index is 0.131. The quantitative estimate of drug-likeness (QED) is 0.119. The van der Waals surface area contributed by atoms with Crippen LogP contribution in [0.1, 0.15) is 43.0 Å². The number of fused-ring (bicyclic) bond motifs is 10. The molecule has 56 heavy (non-hydrogen) atoms. The van der Waals surface area contributed by atoms with Crippen LogP contribution in [-0.2, 0) is 12.8 Å². The molecule has 1 aliphatic heterocycles. The molecular weight excluding hydrogens is 697 g/mol. The summed E-state index contributed by atoms with van der Waals surface area (Å²) in [6.45, 7) is 0. The van der Waals surface area contributed by atoms with E-state index in [4.69, 9.17) is 9.47 Å². The maximum Gasteiger partial charge on any atom is 0.344 e. The summed E-state index contributed by atoms with van der Waals surface area (Å²) in [6, 6.07) is 44.9. The Morgan fingerprint density at radius 3 is 1.66 bits per heavy atom. The van der Waals surface area contributed by atoms with Crippen molar-refractivity contribution < 1.29 is 29.3 Å². The lowest BCUT2D eigenvalue weighted by atomic mass is 9.87. The van der Waals surface area contributed by atoms with Crippen LogP contribution in [0.5, 0.6) is 23.0 Å². The summed E-state index contributed by atoms with van der Waals surface area (Å²) in [6.07, 6.45) is 4.91. The number of ether oxygens (including phenoxy) is 2. The highest BCUT2D eigenvalue weighted by Crippen LogP contribution is 2.44. The zero-order valence-corrected chi connectivity index (χ0v) is 30.0. The smallest absolute Gasteiger partial charge is 0.344 e. The van der Waals surface area contributed by atoms with Gasteiger partial charge in [-0.15, -0.1) is 0 Å². The highest BCUT2D eigenvalue weighted by molar-refractivity contribution is 6.18. The average Bonchev–Trinajstić information content (AvgIpc) is 3.21. The zero-order valence-electron chi connectivity index (χ0n) is 30.0. The highest BCUT2D eigenvalue weighted by Gasteiger charge is 2.28. The number of aryl methyl sites for hydroxylation is 2. The maximum absolute atomic E-state index is 14.7. The van der Waals surface area contributed by atoms with Crippen molar-refractivity contribution >= 4 is 45.6 Å². The molecule has 0 radical (unpaired) electrons. The number of phenolic OH excluding ortho intramolecular Hbond substituents is 2. The minimum atomic E-state index is -0.560. The molecule has 0 fully saturated rings. The van der Waals surface area contributed by atoms with Crippen LogP contribution in [0.15, 0.2) is 146 Å². The van der Waals surface area contributed by atoms with Gasteiger partial charge in [-0.1, -0.05) is 103 Å². The molecule has 3 aliphatic rings. The van der Waals surface area contributed by atoms with Crippen LogP contribution in [0.4, 0.5) is 0 Å². The lowest BCUT2D eigenvalue weighted by Gasteiger charge is -2.21. The van der Waals surface area contributed by atoms with Gasteiger partial charge in [0.05, 0.1) is 11.1 Å². The number of carbonyl (C=O) groups excluding carboxylic acids is 2. The van der Waals surface area contributed by atoms with Crippen molar-refractivity contribution in [3.05, 3.63) is 179 Å². The van der Waals surface area contributed by atoms with Crippen molar-refractivity contribution in [1.29, 1.82) is 0 Å². The van der Waals surface area contributed by atoms with Crippen LogP contribution in [0.3, 0.4) is 0 Å². The summed E-state index contributed by atoms with van der Waals surface area (Å²) < 4.78 is 12.8. The molecule has 1 heterocycles. The second-order valence-corrected chi connectivity index (χ2v) is 14.2. The largest absolute Gasteiger partial charge is 0.508 e. The zero-order chi connectivity index (χ0) is 37.9. The second kappa shape index (κ2) is 13.1. The fraction of sp³-hybridized carbons (Fsp3) is 0.0400. The van der Waals surface area contributed by atoms with E-state index in [1.807, 2.05) is 115 Å². The van der Waals surface area contributed by atoms with E-state index in [2.05, 4.69) is 0 Å². The van der Waals surface area contributed by atoms with Crippen LogP contribution in [0, 0.1) is 0 Å². The van der Waals surface area contributed by atoms with Crippen molar-refractivity contribution in [3.63, 3.8) is 0 Å². The Morgan fingerprint density at radius 1 is 0.446 bits per heavy atom. The molecular formula is C50H32O6. The topological polar surface area (TPSA) is 93.1 Å². The first-order valence-electron chi connectivity index (χ1n) is 18.5. The average molecular weight is 729 g/mol. The van der Waals surface area contributed by atoms with E-state index in [-0.39, 0.29) is 11.5 Å². The molecule has 8 aromatic carbocycles. The molecule has 6 heteroatoms. The summed E-state index contributed by atoms with van der Waals surface area (Å²) >= 11 is 0. The Balaban J connectivity index is 1.22. The third-order valence-corrected chi connectivity index (χ3v) is 10.8. The number of phenols is 2. The Kier molecular flexibility index (Phi) is 7.78. The number of benzene rings is 8. The Morgan fingerprint density at radius 2 is 1.00 bits per heavy atom.